The number of nitrogens with one attached hydrogen (secondary N) is 1. The van der Waals surface area contributed by atoms with E-state index in [1.807, 2.05) is 61.7 Å². The van der Waals surface area contributed by atoms with Crippen LogP contribution < -0.4 is 10.7 Å². The molecule has 3 heterocycles. The summed E-state index contributed by atoms with van der Waals surface area (Å²) >= 11 is 0. The third-order valence-corrected chi connectivity index (χ3v) is 5.62. The monoisotopic (exact) mass is 424 g/mol. The number of anilines is 1. The van der Waals surface area contributed by atoms with Gasteiger partial charge in [0.2, 0.25) is 0 Å². The molecular formula is C26H24N4O2. The smallest absolute Gasteiger partial charge is 0.261 e. The fraction of sp³-hybridized carbons (Fsp3) is 0.154. The second-order valence-corrected chi connectivity index (χ2v) is 7.76. The maximum atomic E-state index is 13.5. The van der Waals surface area contributed by atoms with Crippen LogP contribution in [0.3, 0.4) is 0 Å². The van der Waals surface area contributed by atoms with Crippen LogP contribution in [0, 0.1) is 20.8 Å². The zero-order valence-corrected chi connectivity index (χ0v) is 18.3. The molecule has 4 rings (SSSR count). The number of hydrogen-bond acceptors (Lipinski definition) is 4. The number of carbonyl (C=O) groups is 1. The number of pyridine rings is 3. The molecule has 0 aliphatic carbocycles. The van der Waals surface area contributed by atoms with Gasteiger partial charge < -0.3 is 9.88 Å². The van der Waals surface area contributed by atoms with E-state index in [0.717, 1.165) is 22.4 Å². The molecule has 6 heteroatoms. The Labute approximate surface area is 186 Å². The van der Waals surface area contributed by atoms with E-state index in [4.69, 9.17) is 0 Å². The van der Waals surface area contributed by atoms with E-state index >= 15 is 0 Å². The zero-order chi connectivity index (χ0) is 22.7. The lowest BCUT2D eigenvalue weighted by Gasteiger charge is -2.20. The molecule has 0 saturated carbocycles. The fourth-order valence-corrected chi connectivity index (χ4v) is 3.74. The van der Waals surface area contributed by atoms with Crippen molar-refractivity contribution in [1.82, 2.24) is 14.5 Å². The average Bonchev–Trinajstić information content (AvgIpc) is 2.79. The van der Waals surface area contributed by atoms with Gasteiger partial charge in [-0.15, -0.1) is 0 Å². The standard InChI is InChI=1S/C26H24N4O2/c1-17-6-4-8-22(19(17)3)29-26(32)24-23(31)14-18(2)30(16-20-9-12-27-13-10-20)25(24)21-7-5-11-28-15-21/h4-15H,16H2,1-3H3,(H,29,32). The minimum atomic E-state index is -0.439. The van der Waals surface area contributed by atoms with E-state index < -0.39 is 5.91 Å². The van der Waals surface area contributed by atoms with Crippen LogP contribution in [0.4, 0.5) is 5.69 Å². The molecule has 0 aliphatic heterocycles. The quantitative estimate of drug-likeness (QED) is 0.511. The van der Waals surface area contributed by atoms with Gasteiger partial charge in [0.1, 0.15) is 5.56 Å². The summed E-state index contributed by atoms with van der Waals surface area (Å²) in [7, 11) is 0. The molecule has 3 aromatic heterocycles. The fourth-order valence-electron chi connectivity index (χ4n) is 3.74. The summed E-state index contributed by atoms with van der Waals surface area (Å²) in [5.74, 6) is -0.439. The van der Waals surface area contributed by atoms with Gasteiger partial charge in [-0.1, -0.05) is 12.1 Å². The Balaban J connectivity index is 1.89. The maximum Gasteiger partial charge on any atom is 0.261 e. The summed E-state index contributed by atoms with van der Waals surface area (Å²) in [4.78, 5) is 34.9. The Morgan fingerprint density at radius 2 is 1.75 bits per heavy atom. The maximum absolute atomic E-state index is 13.5. The molecule has 0 unspecified atom stereocenters. The number of amides is 1. The Kier molecular flexibility index (Phi) is 5.94. The molecule has 1 N–H and O–H groups in total. The number of aromatic nitrogens is 3. The van der Waals surface area contributed by atoms with Gasteiger partial charge in [0.15, 0.2) is 5.43 Å². The minimum Gasteiger partial charge on any atom is -0.340 e. The van der Waals surface area contributed by atoms with Gasteiger partial charge in [-0.25, -0.2) is 0 Å². The van der Waals surface area contributed by atoms with Crippen molar-refractivity contribution in [2.45, 2.75) is 27.3 Å². The van der Waals surface area contributed by atoms with Gasteiger partial charge in [0, 0.05) is 54.3 Å². The van der Waals surface area contributed by atoms with Crippen LogP contribution in [0.1, 0.15) is 32.7 Å². The molecule has 0 aliphatic rings. The first kappa shape index (κ1) is 21.2. The summed E-state index contributed by atoms with van der Waals surface area (Å²) < 4.78 is 1.98. The predicted molar refractivity (Wildman–Crippen MR) is 126 cm³/mol. The third kappa shape index (κ3) is 4.21. The Hall–Kier alpha value is -4.06. The molecule has 4 aromatic rings. The molecule has 0 fully saturated rings. The van der Waals surface area contributed by atoms with E-state index in [2.05, 4.69) is 15.3 Å². The topological polar surface area (TPSA) is 76.9 Å². The lowest BCUT2D eigenvalue weighted by Crippen LogP contribution is -2.27. The summed E-state index contributed by atoms with van der Waals surface area (Å²) in [6, 6.07) is 14.7. The number of benzene rings is 1. The van der Waals surface area contributed by atoms with Crippen LogP contribution in [-0.4, -0.2) is 20.4 Å². The second-order valence-electron chi connectivity index (χ2n) is 7.76. The predicted octanol–water partition coefficient (Wildman–Crippen LogP) is 4.53. The van der Waals surface area contributed by atoms with Gasteiger partial charge >= 0.3 is 0 Å². The van der Waals surface area contributed by atoms with Gasteiger partial charge in [-0.3, -0.25) is 19.6 Å². The SMILES string of the molecule is Cc1cccc(NC(=O)c2c(-c3cccnc3)n(Cc3ccncc3)c(C)cc2=O)c1C. The molecule has 1 amide bonds. The van der Waals surface area contributed by atoms with Crippen molar-refractivity contribution in [2.24, 2.45) is 0 Å². The highest BCUT2D eigenvalue weighted by Gasteiger charge is 2.22. The van der Waals surface area contributed by atoms with E-state index in [1.165, 1.54) is 6.07 Å². The van der Waals surface area contributed by atoms with Crippen LogP contribution in [0.5, 0.6) is 0 Å². The zero-order valence-electron chi connectivity index (χ0n) is 18.3. The Bertz CT molecular complexity index is 1330. The van der Waals surface area contributed by atoms with Crippen molar-refractivity contribution in [3.8, 4) is 11.3 Å². The Morgan fingerprint density at radius 3 is 2.47 bits per heavy atom. The van der Waals surface area contributed by atoms with Crippen molar-refractivity contribution in [1.29, 1.82) is 0 Å². The Morgan fingerprint density at radius 1 is 0.969 bits per heavy atom. The first-order valence-electron chi connectivity index (χ1n) is 10.4. The van der Waals surface area contributed by atoms with Crippen LogP contribution in [0.25, 0.3) is 11.3 Å². The number of nitrogens with zero attached hydrogens (tertiary/aromatic N) is 3. The molecule has 6 nitrogen and oxygen atoms in total. The normalized spacial score (nSPS) is 10.7. The van der Waals surface area contributed by atoms with Gasteiger partial charge in [0.05, 0.1) is 5.69 Å². The number of aryl methyl sites for hydroxylation is 2. The average molecular weight is 425 g/mol. The summed E-state index contributed by atoms with van der Waals surface area (Å²) in [6.45, 7) is 6.29. The molecule has 0 spiro atoms. The number of rotatable bonds is 5. The largest absolute Gasteiger partial charge is 0.340 e. The molecule has 0 radical (unpaired) electrons. The summed E-state index contributed by atoms with van der Waals surface area (Å²) in [6.07, 6.45) is 6.79. The molecule has 0 atom stereocenters. The van der Waals surface area contributed by atoms with Crippen molar-refractivity contribution >= 4 is 11.6 Å². The summed E-state index contributed by atoms with van der Waals surface area (Å²) in [5, 5.41) is 2.95. The first-order chi connectivity index (χ1) is 15.5. The van der Waals surface area contributed by atoms with Crippen LogP contribution in [0.15, 0.2) is 78.1 Å². The highest BCUT2D eigenvalue weighted by molar-refractivity contribution is 6.08. The number of carbonyl (C=O) groups excluding carboxylic acids is 1. The molecule has 32 heavy (non-hydrogen) atoms. The molecule has 0 saturated heterocycles. The van der Waals surface area contributed by atoms with Crippen LogP contribution in [-0.2, 0) is 6.54 Å². The van der Waals surface area contributed by atoms with E-state index in [1.54, 1.807) is 30.9 Å². The van der Waals surface area contributed by atoms with Crippen LogP contribution >= 0.6 is 0 Å². The molecule has 160 valence electrons. The van der Waals surface area contributed by atoms with E-state index in [0.29, 0.717) is 23.5 Å². The molecule has 1 aromatic carbocycles. The second kappa shape index (κ2) is 8.98. The minimum absolute atomic E-state index is 0.0959. The van der Waals surface area contributed by atoms with Gasteiger partial charge in [-0.2, -0.15) is 0 Å². The lowest BCUT2D eigenvalue weighted by atomic mass is 10.0. The van der Waals surface area contributed by atoms with Crippen molar-refractivity contribution in [3.05, 3.63) is 111 Å². The lowest BCUT2D eigenvalue weighted by molar-refractivity contribution is 0.102. The van der Waals surface area contributed by atoms with E-state index in [9.17, 15) is 9.59 Å². The van der Waals surface area contributed by atoms with Crippen molar-refractivity contribution in [3.63, 3.8) is 0 Å². The van der Waals surface area contributed by atoms with Crippen LogP contribution in [0.2, 0.25) is 0 Å². The van der Waals surface area contributed by atoms with Crippen molar-refractivity contribution < 1.29 is 4.79 Å². The van der Waals surface area contributed by atoms with Gasteiger partial charge in [-0.05, 0) is 67.8 Å². The highest BCUT2D eigenvalue weighted by Crippen LogP contribution is 2.26. The van der Waals surface area contributed by atoms with E-state index in [-0.39, 0.29) is 11.0 Å². The number of hydrogen-bond donors (Lipinski definition) is 1. The van der Waals surface area contributed by atoms with Crippen molar-refractivity contribution in [2.75, 3.05) is 5.32 Å². The summed E-state index contributed by atoms with van der Waals surface area (Å²) in [5.41, 5.74) is 5.51. The van der Waals surface area contributed by atoms with Gasteiger partial charge in [0.25, 0.3) is 5.91 Å². The third-order valence-electron chi connectivity index (χ3n) is 5.62. The molecule has 0 bridgehead atoms. The molecular weight excluding hydrogens is 400 g/mol. The highest BCUT2D eigenvalue weighted by atomic mass is 16.2. The first-order valence-corrected chi connectivity index (χ1v) is 10.4.